The van der Waals surface area contributed by atoms with Crippen molar-refractivity contribution in [2.24, 2.45) is 0 Å². The number of aryl methyl sites for hydroxylation is 1. The van der Waals surface area contributed by atoms with Crippen LogP contribution in [0.2, 0.25) is 0 Å². The summed E-state index contributed by atoms with van der Waals surface area (Å²) in [4.78, 5) is 5.28. The second-order valence-corrected chi connectivity index (χ2v) is 7.76. The first-order valence-corrected chi connectivity index (χ1v) is 10.1. The second-order valence-electron chi connectivity index (χ2n) is 7.76. The molecule has 0 aromatic heterocycles. The standard InChI is InChI=1S/C21H32N2O/c1-2-11-22(12-3-1)13-6-16-24-19-8-9-20-18(17-19)7-10-21(20)23-14-4-5-15-23/h8-9,17,21H,1-7,10-16H2. The van der Waals surface area contributed by atoms with Gasteiger partial charge in [-0.3, -0.25) is 4.90 Å². The molecule has 132 valence electrons. The molecule has 3 aliphatic rings. The highest BCUT2D eigenvalue weighted by molar-refractivity contribution is 5.40. The predicted octanol–water partition coefficient (Wildman–Crippen LogP) is 4.02. The number of fused-ring (bicyclic) bond motifs is 1. The molecule has 2 fully saturated rings. The number of nitrogens with zero attached hydrogens (tertiary/aromatic N) is 2. The quantitative estimate of drug-likeness (QED) is 0.734. The van der Waals surface area contributed by atoms with Crippen LogP contribution in [-0.4, -0.2) is 49.1 Å². The van der Waals surface area contributed by atoms with Crippen LogP contribution in [0.5, 0.6) is 5.75 Å². The second kappa shape index (κ2) is 7.88. The molecule has 2 saturated heterocycles. The fraction of sp³-hybridized carbons (Fsp3) is 0.714. The number of rotatable bonds is 6. The lowest BCUT2D eigenvalue weighted by Crippen LogP contribution is -2.31. The van der Waals surface area contributed by atoms with E-state index in [1.54, 1.807) is 5.56 Å². The Hall–Kier alpha value is -1.06. The van der Waals surface area contributed by atoms with Crippen LogP contribution in [-0.2, 0) is 6.42 Å². The molecule has 1 aromatic rings. The summed E-state index contributed by atoms with van der Waals surface area (Å²) in [6.07, 6.45) is 10.6. The van der Waals surface area contributed by atoms with Crippen LogP contribution >= 0.6 is 0 Å². The number of ether oxygens (including phenoxy) is 1. The van der Waals surface area contributed by atoms with Gasteiger partial charge in [-0.2, -0.15) is 0 Å². The van der Waals surface area contributed by atoms with Gasteiger partial charge in [0, 0.05) is 12.6 Å². The lowest BCUT2D eigenvalue weighted by atomic mass is 10.1. The molecule has 4 rings (SSSR count). The Morgan fingerprint density at radius 3 is 2.58 bits per heavy atom. The van der Waals surface area contributed by atoms with Crippen molar-refractivity contribution in [2.75, 3.05) is 39.3 Å². The Labute approximate surface area is 147 Å². The van der Waals surface area contributed by atoms with Crippen LogP contribution in [0, 0.1) is 0 Å². The highest BCUT2D eigenvalue weighted by Crippen LogP contribution is 2.38. The largest absolute Gasteiger partial charge is 0.494 e. The number of hydrogen-bond donors (Lipinski definition) is 0. The van der Waals surface area contributed by atoms with Crippen LogP contribution in [0.25, 0.3) is 0 Å². The lowest BCUT2D eigenvalue weighted by Gasteiger charge is -2.26. The van der Waals surface area contributed by atoms with Crippen molar-refractivity contribution < 1.29 is 4.74 Å². The zero-order valence-electron chi connectivity index (χ0n) is 15.0. The fourth-order valence-corrected chi connectivity index (χ4v) is 4.75. The molecule has 24 heavy (non-hydrogen) atoms. The SMILES string of the molecule is c1cc2c(cc1OCCCN1CCCCC1)CCC2N1CCCC1. The van der Waals surface area contributed by atoms with Crippen molar-refractivity contribution in [1.82, 2.24) is 9.80 Å². The molecule has 1 aromatic carbocycles. The Bertz CT molecular complexity index is 533. The average molecular weight is 329 g/mol. The summed E-state index contributed by atoms with van der Waals surface area (Å²) in [6, 6.07) is 7.53. The van der Waals surface area contributed by atoms with Gasteiger partial charge in [-0.1, -0.05) is 12.5 Å². The number of benzene rings is 1. The van der Waals surface area contributed by atoms with Gasteiger partial charge in [0.1, 0.15) is 5.75 Å². The molecular formula is C21H32N2O. The normalized spacial score (nSPS) is 25.1. The zero-order valence-corrected chi connectivity index (χ0v) is 15.0. The van der Waals surface area contributed by atoms with E-state index in [1.165, 1.54) is 83.2 Å². The summed E-state index contributed by atoms with van der Waals surface area (Å²) in [5, 5.41) is 0. The van der Waals surface area contributed by atoms with Crippen molar-refractivity contribution in [3.63, 3.8) is 0 Å². The highest BCUT2D eigenvalue weighted by Gasteiger charge is 2.29. The van der Waals surface area contributed by atoms with E-state index in [0.717, 1.165) is 18.8 Å². The molecule has 0 radical (unpaired) electrons. The zero-order chi connectivity index (χ0) is 16.2. The molecule has 1 atom stereocenters. The number of piperidine rings is 1. The number of likely N-dealkylation sites (tertiary alicyclic amines) is 2. The summed E-state index contributed by atoms with van der Waals surface area (Å²) in [5.41, 5.74) is 3.10. The first-order chi connectivity index (χ1) is 11.9. The van der Waals surface area contributed by atoms with Crippen molar-refractivity contribution in [3.8, 4) is 5.75 Å². The highest BCUT2D eigenvalue weighted by atomic mass is 16.5. The van der Waals surface area contributed by atoms with E-state index >= 15 is 0 Å². The van der Waals surface area contributed by atoms with Gasteiger partial charge in [0.2, 0.25) is 0 Å². The minimum Gasteiger partial charge on any atom is -0.494 e. The lowest BCUT2D eigenvalue weighted by molar-refractivity contribution is 0.205. The van der Waals surface area contributed by atoms with Crippen molar-refractivity contribution in [1.29, 1.82) is 0 Å². The Kier molecular flexibility index (Phi) is 5.39. The molecule has 0 N–H and O–H groups in total. The van der Waals surface area contributed by atoms with Gasteiger partial charge in [0.25, 0.3) is 0 Å². The molecule has 0 bridgehead atoms. The maximum absolute atomic E-state index is 6.04. The predicted molar refractivity (Wildman–Crippen MR) is 98.7 cm³/mol. The summed E-state index contributed by atoms with van der Waals surface area (Å²) >= 11 is 0. The molecule has 3 nitrogen and oxygen atoms in total. The summed E-state index contributed by atoms with van der Waals surface area (Å²) < 4.78 is 6.04. The molecule has 0 spiro atoms. The summed E-state index contributed by atoms with van der Waals surface area (Å²) in [5.74, 6) is 1.08. The van der Waals surface area contributed by atoms with E-state index in [2.05, 4.69) is 28.0 Å². The van der Waals surface area contributed by atoms with Crippen LogP contribution in [0.15, 0.2) is 18.2 Å². The van der Waals surface area contributed by atoms with Crippen LogP contribution in [0.4, 0.5) is 0 Å². The molecule has 0 saturated carbocycles. The minimum absolute atomic E-state index is 0.677. The third-order valence-corrected chi connectivity index (χ3v) is 6.08. The van der Waals surface area contributed by atoms with Crippen LogP contribution in [0.1, 0.15) is 62.1 Å². The first-order valence-electron chi connectivity index (χ1n) is 10.1. The molecular weight excluding hydrogens is 296 g/mol. The Balaban J connectivity index is 1.26. The van der Waals surface area contributed by atoms with Gasteiger partial charge in [-0.15, -0.1) is 0 Å². The van der Waals surface area contributed by atoms with Gasteiger partial charge in [-0.05, 0) is 94.4 Å². The third kappa shape index (κ3) is 3.78. The van der Waals surface area contributed by atoms with Crippen molar-refractivity contribution in [2.45, 2.75) is 57.4 Å². The van der Waals surface area contributed by atoms with E-state index in [-0.39, 0.29) is 0 Å². The van der Waals surface area contributed by atoms with Gasteiger partial charge in [0.05, 0.1) is 6.61 Å². The Morgan fingerprint density at radius 2 is 1.75 bits per heavy atom. The summed E-state index contributed by atoms with van der Waals surface area (Å²) in [7, 11) is 0. The van der Waals surface area contributed by atoms with Crippen LogP contribution < -0.4 is 4.74 Å². The first kappa shape index (κ1) is 16.4. The third-order valence-electron chi connectivity index (χ3n) is 6.08. The van der Waals surface area contributed by atoms with Crippen LogP contribution in [0.3, 0.4) is 0 Å². The van der Waals surface area contributed by atoms with E-state index in [9.17, 15) is 0 Å². The van der Waals surface area contributed by atoms with E-state index in [1.807, 2.05) is 0 Å². The molecule has 1 aliphatic carbocycles. The minimum atomic E-state index is 0.677. The molecule has 1 unspecified atom stereocenters. The maximum Gasteiger partial charge on any atom is 0.119 e. The topological polar surface area (TPSA) is 15.7 Å². The van der Waals surface area contributed by atoms with Crippen molar-refractivity contribution >= 4 is 0 Å². The van der Waals surface area contributed by atoms with E-state index in [0.29, 0.717) is 6.04 Å². The van der Waals surface area contributed by atoms with Crippen molar-refractivity contribution in [3.05, 3.63) is 29.3 Å². The smallest absolute Gasteiger partial charge is 0.119 e. The monoisotopic (exact) mass is 328 g/mol. The van der Waals surface area contributed by atoms with Gasteiger partial charge in [-0.25, -0.2) is 0 Å². The summed E-state index contributed by atoms with van der Waals surface area (Å²) in [6.45, 7) is 7.21. The fourth-order valence-electron chi connectivity index (χ4n) is 4.75. The molecule has 0 amide bonds. The van der Waals surface area contributed by atoms with E-state index < -0.39 is 0 Å². The van der Waals surface area contributed by atoms with Gasteiger partial charge in [0.15, 0.2) is 0 Å². The maximum atomic E-state index is 6.04. The molecule has 2 heterocycles. The number of hydrogen-bond acceptors (Lipinski definition) is 3. The van der Waals surface area contributed by atoms with E-state index in [4.69, 9.17) is 4.74 Å². The van der Waals surface area contributed by atoms with Gasteiger partial charge < -0.3 is 9.64 Å². The molecule has 2 aliphatic heterocycles. The average Bonchev–Trinajstić information content (AvgIpc) is 3.28. The Morgan fingerprint density at radius 1 is 0.958 bits per heavy atom. The van der Waals surface area contributed by atoms with Gasteiger partial charge >= 0.3 is 0 Å². The molecule has 3 heteroatoms.